The van der Waals surface area contributed by atoms with Crippen molar-refractivity contribution in [2.45, 2.75) is 12.6 Å². The summed E-state index contributed by atoms with van der Waals surface area (Å²) in [4.78, 5) is 6.10. The highest BCUT2D eigenvalue weighted by Crippen LogP contribution is 2.28. The first-order chi connectivity index (χ1) is 7.82. The van der Waals surface area contributed by atoms with Crippen molar-refractivity contribution < 1.29 is 22.0 Å². The van der Waals surface area contributed by atoms with Gasteiger partial charge in [0, 0.05) is 6.07 Å². The number of nitrogens with zero attached hydrogens (tertiary/aromatic N) is 2. The van der Waals surface area contributed by atoms with Gasteiger partial charge in [0.05, 0.1) is 6.54 Å². The lowest BCUT2D eigenvalue weighted by Crippen LogP contribution is -2.18. The SMILES string of the molecule is NNc1cc(NCC(F)F)nc(C(F)(F)F)n1. The van der Waals surface area contributed by atoms with Crippen LogP contribution in [0.5, 0.6) is 0 Å². The lowest BCUT2D eigenvalue weighted by Gasteiger charge is -2.10. The van der Waals surface area contributed by atoms with Gasteiger partial charge in [0.1, 0.15) is 11.6 Å². The maximum Gasteiger partial charge on any atom is 0.451 e. The van der Waals surface area contributed by atoms with Gasteiger partial charge >= 0.3 is 6.18 Å². The van der Waals surface area contributed by atoms with Crippen LogP contribution in [0.25, 0.3) is 0 Å². The fourth-order valence-corrected chi connectivity index (χ4v) is 0.920. The number of alkyl halides is 5. The first-order valence-corrected chi connectivity index (χ1v) is 4.28. The second kappa shape index (κ2) is 5.08. The predicted octanol–water partition coefficient (Wildman–Crippen LogP) is 1.46. The Morgan fingerprint density at radius 2 is 1.82 bits per heavy atom. The highest BCUT2D eigenvalue weighted by molar-refractivity contribution is 5.47. The van der Waals surface area contributed by atoms with Crippen LogP contribution in [-0.2, 0) is 6.18 Å². The number of hydrogen-bond donors (Lipinski definition) is 3. The summed E-state index contributed by atoms with van der Waals surface area (Å²) < 4.78 is 60.7. The molecule has 17 heavy (non-hydrogen) atoms. The van der Waals surface area contributed by atoms with Gasteiger partial charge in [-0.2, -0.15) is 13.2 Å². The number of rotatable bonds is 4. The molecule has 5 nitrogen and oxygen atoms in total. The summed E-state index contributed by atoms with van der Waals surface area (Å²) in [5, 5.41) is 2.03. The van der Waals surface area contributed by atoms with Crippen LogP contribution in [0.2, 0.25) is 0 Å². The highest BCUT2D eigenvalue weighted by atomic mass is 19.4. The molecule has 0 radical (unpaired) electrons. The van der Waals surface area contributed by atoms with Gasteiger partial charge in [0.2, 0.25) is 5.82 Å². The molecule has 10 heteroatoms. The average molecular weight is 257 g/mol. The van der Waals surface area contributed by atoms with Crippen molar-refractivity contribution in [2.75, 3.05) is 17.3 Å². The van der Waals surface area contributed by atoms with E-state index in [1.165, 1.54) is 0 Å². The zero-order valence-electron chi connectivity index (χ0n) is 8.22. The summed E-state index contributed by atoms with van der Waals surface area (Å²) in [5.74, 6) is 2.72. The minimum Gasteiger partial charge on any atom is -0.364 e. The van der Waals surface area contributed by atoms with Crippen LogP contribution in [0.4, 0.5) is 33.6 Å². The molecule has 0 fully saturated rings. The number of nitrogens with two attached hydrogens (primary N) is 1. The molecule has 1 heterocycles. The molecule has 4 N–H and O–H groups in total. The molecule has 0 amide bonds. The topological polar surface area (TPSA) is 75.9 Å². The maximum atomic E-state index is 12.3. The summed E-state index contributed by atoms with van der Waals surface area (Å²) in [6.07, 6.45) is -7.50. The van der Waals surface area contributed by atoms with Gasteiger partial charge in [0.25, 0.3) is 6.43 Å². The van der Waals surface area contributed by atoms with Gasteiger partial charge in [-0.05, 0) is 0 Å². The van der Waals surface area contributed by atoms with E-state index in [1.807, 2.05) is 10.7 Å². The molecule has 0 aliphatic heterocycles. The van der Waals surface area contributed by atoms with Gasteiger partial charge in [-0.25, -0.2) is 24.6 Å². The third kappa shape index (κ3) is 3.98. The van der Waals surface area contributed by atoms with E-state index in [2.05, 4.69) is 9.97 Å². The molecular formula is C7H8F5N5. The van der Waals surface area contributed by atoms with Crippen molar-refractivity contribution in [3.63, 3.8) is 0 Å². The van der Waals surface area contributed by atoms with Gasteiger partial charge in [-0.3, -0.25) is 0 Å². The Morgan fingerprint density at radius 3 is 2.29 bits per heavy atom. The van der Waals surface area contributed by atoms with Gasteiger partial charge in [-0.1, -0.05) is 0 Å². The second-order valence-corrected chi connectivity index (χ2v) is 2.88. The first-order valence-electron chi connectivity index (χ1n) is 4.28. The fourth-order valence-electron chi connectivity index (χ4n) is 0.920. The summed E-state index contributed by atoms with van der Waals surface area (Å²) >= 11 is 0. The summed E-state index contributed by atoms with van der Waals surface area (Å²) in [5.41, 5.74) is 1.89. The summed E-state index contributed by atoms with van der Waals surface area (Å²) in [6, 6.07) is 0.984. The normalized spacial score (nSPS) is 11.7. The third-order valence-electron chi connectivity index (χ3n) is 1.57. The van der Waals surface area contributed by atoms with Crippen molar-refractivity contribution in [1.29, 1.82) is 0 Å². The molecule has 0 atom stereocenters. The molecule has 0 spiro atoms. The number of hydrazine groups is 1. The zero-order chi connectivity index (χ0) is 13.1. The van der Waals surface area contributed by atoms with Crippen LogP contribution in [-0.4, -0.2) is 22.9 Å². The molecule has 0 bridgehead atoms. The van der Waals surface area contributed by atoms with E-state index in [4.69, 9.17) is 5.84 Å². The summed E-state index contributed by atoms with van der Waals surface area (Å²) in [6.45, 7) is -0.821. The van der Waals surface area contributed by atoms with E-state index < -0.39 is 25.0 Å². The van der Waals surface area contributed by atoms with Gasteiger partial charge < -0.3 is 10.7 Å². The second-order valence-electron chi connectivity index (χ2n) is 2.88. The van der Waals surface area contributed by atoms with Crippen molar-refractivity contribution in [2.24, 2.45) is 5.84 Å². The van der Waals surface area contributed by atoms with Crippen molar-refractivity contribution in [3.8, 4) is 0 Å². The Morgan fingerprint density at radius 1 is 1.24 bits per heavy atom. The molecule has 0 saturated heterocycles. The third-order valence-corrected chi connectivity index (χ3v) is 1.57. The molecule has 0 aliphatic rings. The smallest absolute Gasteiger partial charge is 0.364 e. The largest absolute Gasteiger partial charge is 0.451 e. The molecule has 96 valence electrons. The fraction of sp³-hybridized carbons (Fsp3) is 0.429. The van der Waals surface area contributed by atoms with Crippen LogP contribution >= 0.6 is 0 Å². The molecule has 1 aromatic heterocycles. The Bertz CT molecular complexity index is 379. The van der Waals surface area contributed by atoms with E-state index >= 15 is 0 Å². The number of anilines is 2. The van der Waals surface area contributed by atoms with E-state index in [9.17, 15) is 22.0 Å². The maximum absolute atomic E-state index is 12.3. The molecular weight excluding hydrogens is 249 g/mol. The van der Waals surface area contributed by atoms with Gasteiger partial charge in [0.15, 0.2) is 0 Å². The number of aromatic nitrogens is 2. The number of nitrogen functional groups attached to an aromatic ring is 1. The molecule has 0 aliphatic carbocycles. The van der Waals surface area contributed by atoms with Gasteiger partial charge in [-0.15, -0.1) is 0 Å². The molecule has 1 aromatic rings. The Labute approximate surface area is 92.2 Å². The zero-order valence-corrected chi connectivity index (χ0v) is 8.22. The lowest BCUT2D eigenvalue weighted by atomic mass is 10.4. The number of nitrogens with one attached hydrogen (secondary N) is 2. The minimum absolute atomic E-state index is 0.330. The standard InChI is InChI=1S/C7H8F5N5/c8-3(9)2-14-4-1-5(17-13)16-6(15-4)7(10,11)12/h1,3H,2,13H2,(H2,14,15,16,17). The molecule has 0 aromatic carbocycles. The van der Waals surface area contributed by atoms with Crippen molar-refractivity contribution >= 4 is 11.6 Å². The Hall–Kier alpha value is -1.71. The Balaban J connectivity index is 2.97. The van der Waals surface area contributed by atoms with E-state index in [0.29, 0.717) is 0 Å². The van der Waals surface area contributed by atoms with Crippen LogP contribution < -0.4 is 16.6 Å². The Kier molecular flexibility index (Phi) is 3.99. The molecule has 0 unspecified atom stereocenters. The highest BCUT2D eigenvalue weighted by Gasteiger charge is 2.35. The van der Waals surface area contributed by atoms with Crippen molar-refractivity contribution in [1.82, 2.24) is 9.97 Å². The van der Waals surface area contributed by atoms with Crippen molar-refractivity contribution in [3.05, 3.63) is 11.9 Å². The van der Waals surface area contributed by atoms with E-state index in [1.54, 1.807) is 0 Å². The van der Waals surface area contributed by atoms with Crippen LogP contribution in [0.1, 0.15) is 5.82 Å². The summed E-state index contributed by atoms with van der Waals surface area (Å²) in [7, 11) is 0. The minimum atomic E-state index is -4.78. The number of halogens is 5. The monoisotopic (exact) mass is 257 g/mol. The predicted molar refractivity (Wildman–Crippen MR) is 49.3 cm³/mol. The van der Waals surface area contributed by atoms with E-state index in [-0.39, 0.29) is 11.6 Å². The van der Waals surface area contributed by atoms with Crippen LogP contribution in [0.3, 0.4) is 0 Å². The quantitative estimate of drug-likeness (QED) is 0.432. The van der Waals surface area contributed by atoms with E-state index in [0.717, 1.165) is 6.07 Å². The lowest BCUT2D eigenvalue weighted by molar-refractivity contribution is -0.144. The number of hydrogen-bond acceptors (Lipinski definition) is 5. The van der Waals surface area contributed by atoms with Crippen LogP contribution in [0.15, 0.2) is 6.07 Å². The van der Waals surface area contributed by atoms with Crippen LogP contribution in [0, 0.1) is 0 Å². The average Bonchev–Trinajstić information content (AvgIpc) is 2.24. The first kappa shape index (κ1) is 13.4. The molecule has 0 saturated carbocycles. The molecule has 1 rings (SSSR count).